The van der Waals surface area contributed by atoms with E-state index in [1.54, 1.807) is 6.92 Å². The van der Waals surface area contributed by atoms with Gasteiger partial charge >= 0.3 is 6.18 Å². The molecule has 0 N–H and O–H groups in total. The van der Waals surface area contributed by atoms with Gasteiger partial charge in [-0.1, -0.05) is 0 Å². The minimum atomic E-state index is -4.79. The van der Waals surface area contributed by atoms with Gasteiger partial charge in [-0.25, -0.2) is 4.98 Å². The highest BCUT2D eigenvalue weighted by Gasteiger charge is 2.37. The van der Waals surface area contributed by atoms with E-state index in [1.807, 2.05) is 0 Å². The lowest BCUT2D eigenvalue weighted by molar-refractivity contribution is -0.255. The minimum Gasteiger partial charge on any atom is -0.545 e. The van der Waals surface area contributed by atoms with Crippen molar-refractivity contribution >= 4 is 5.97 Å². The fourth-order valence-electron chi connectivity index (χ4n) is 2.42. The number of aryl methyl sites for hydroxylation is 2. The first-order valence-electron chi connectivity index (χ1n) is 7.55. The van der Waals surface area contributed by atoms with E-state index in [-0.39, 0.29) is 30.2 Å². The Labute approximate surface area is 147 Å². The second kappa shape index (κ2) is 7.83. The molecule has 0 aliphatic rings. The molecule has 0 aliphatic heterocycles. The van der Waals surface area contributed by atoms with Crippen LogP contribution in [0.3, 0.4) is 0 Å². The number of halogens is 3. The van der Waals surface area contributed by atoms with Crippen molar-refractivity contribution in [2.24, 2.45) is 7.05 Å². The average Bonchev–Trinajstić information content (AvgIpc) is 2.88. The van der Waals surface area contributed by atoms with Gasteiger partial charge in [0.05, 0.1) is 42.9 Å². The van der Waals surface area contributed by atoms with Gasteiger partial charge in [-0.2, -0.15) is 18.3 Å². The van der Waals surface area contributed by atoms with E-state index in [2.05, 4.69) is 10.1 Å². The van der Waals surface area contributed by atoms with Crippen molar-refractivity contribution in [3.63, 3.8) is 0 Å². The molecule has 0 bridgehead atoms. The molecule has 0 spiro atoms. The molecule has 0 saturated carbocycles. The lowest BCUT2D eigenvalue weighted by Crippen LogP contribution is -2.26. The standard InChI is InChI=1S/C16H18F3N3O4/c1-9-6-13(22(2)21-9)11-7-10(15(23)24)12(8-26-5-4-25-3)20-14(11)16(17,18)19/h6-7H,4-5,8H2,1-3H3,(H,23,24)/p-1. The SMILES string of the molecule is COCCOCc1nc(C(F)(F)F)c(-c2cc(C)nn2C)cc1C(=O)[O-]. The number of hydrogen-bond donors (Lipinski definition) is 0. The summed E-state index contributed by atoms with van der Waals surface area (Å²) in [5, 5.41) is 15.4. The van der Waals surface area contributed by atoms with Crippen molar-refractivity contribution in [2.45, 2.75) is 19.7 Å². The second-order valence-corrected chi connectivity index (χ2v) is 5.50. The highest BCUT2D eigenvalue weighted by atomic mass is 19.4. The molecule has 0 radical (unpaired) electrons. The van der Waals surface area contributed by atoms with Gasteiger partial charge in [-0.15, -0.1) is 0 Å². The van der Waals surface area contributed by atoms with E-state index >= 15 is 0 Å². The summed E-state index contributed by atoms with van der Waals surface area (Å²) in [5.41, 5.74) is -1.86. The summed E-state index contributed by atoms with van der Waals surface area (Å²) in [6, 6.07) is 2.32. The van der Waals surface area contributed by atoms with Crippen molar-refractivity contribution in [3.8, 4) is 11.3 Å². The smallest absolute Gasteiger partial charge is 0.434 e. The number of hydrogen-bond acceptors (Lipinski definition) is 6. The Balaban J connectivity index is 2.59. The van der Waals surface area contributed by atoms with Crippen LogP contribution in [0.5, 0.6) is 0 Å². The third-order valence-electron chi connectivity index (χ3n) is 3.54. The predicted octanol–water partition coefficient (Wildman–Crippen LogP) is 1.34. The lowest BCUT2D eigenvalue weighted by atomic mass is 10.0. The van der Waals surface area contributed by atoms with Crippen molar-refractivity contribution in [3.05, 3.63) is 34.8 Å². The first kappa shape index (κ1) is 19.9. The number of carbonyl (C=O) groups is 1. The molecule has 0 unspecified atom stereocenters. The van der Waals surface area contributed by atoms with Crippen LogP contribution in [0.2, 0.25) is 0 Å². The summed E-state index contributed by atoms with van der Waals surface area (Å²) >= 11 is 0. The summed E-state index contributed by atoms with van der Waals surface area (Å²) in [5.74, 6) is -1.64. The zero-order valence-electron chi connectivity index (χ0n) is 14.4. The number of carboxylic acid groups (broad SMARTS) is 1. The Kier molecular flexibility index (Phi) is 5.98. The molecule has 0 aliphatic carbocycles. The van der Waals surface area contributed by atoms with Crippen LogP contribution in [0.1, 0.15) is 27.4 Å². The zero-order chi connectivity index (χ0) is 19.5. The predicted molar refractivity (Wildman–Crippen MR) is 82.0 cm³/mol. The van der Waals surface area contributed by atoms with Gasteiger partial charge in [0.25, 0.3) is 0 Å². The number of nitrogens with zero attached hydrogens (tertiary/aromatic N) is 3. The second-order valence-electron chi connectivity index (χ2n) is 5.50. The molecule has 2 aromatic heterocycles. The molecule has 7 nitrogen and oxygen atoms in total. The lowest BCUT2D eigenvalue weighted by Gasteiger charge is -2.18. The minimum absolute atomic E-state index is 0.0781. The van der Waals surface area contributed by atoms with Crippen molar-refractivity contribution < 1.29 is 32.5 Å². The van der Waals surface area contributed by atoms with E-state index in [1.165, 1.54) is 24.9 Å². The summed E-state index contributed by atoms with van der Waals surface area (Å²) in [7, 11) is 2.89. The highest BCUT2D eigenvalue weighted by Crippen LogP contribution is 2.37. The highest BCUT2D eigenvalue weighted by molar-refractivity contribution is 5.89. The quantitative estimate of drug-likeness (QED) is 0.682. The van der Waals surface area contributed by atoms with Gasteiger partial charge in [-0.05, 0) is 19.1 Å². The van der Waals surface area contributed by atoms with Crippen LogP contribution < -0.4 is 5.11 Å². The maximum Gasteiger partial charge on any atom is 0.434 e. The Morgan fingerprint density at radius 1 is 1.31 bits per heavy atom. The summed E-state index contributed by atoms with van der Waals surface area (Å²) in [4.78, 5) is 14.9. The Morgan fingerprint density at radius 2 is 2.00 bits per heavy atom. The number of alkyl halides is 3. The van der Waals surface area contributed by atoms with E-state index in [0.717, 1.165) is 6.07 Å². The van der Waals surface area contributed by atoms with Crippen LogP contribution >= 0.6 is 0 Å². The number of aromatic carboxylic acids is 1. The molecule has 10 heteroatoms. The van der Waals surface area contributed by atoms with Crippen molar-refractivity contribution in [2.75, 3.05) is 20.3 Å². The number of ether oxygens (including phenoxy) is 2. The maximum absolute atomic E-state index is 13.5. The Bertz CT molecular complexity index is 803. The fraction of sp³-hybridized carbons (Fsp3) is 0.438. The summed E-state index contributed by atoms with van der Waals surface area (Å²) in [6.45, 7) is 1.48. The number of methoxy groups -OCH3 is 1. The summed E-state index contributed by atoms with van der Waals surface area (Å²) < 4.78 is 51.7. The zero-order valence-corrected chi connectivity index (χ0v) is 14.4. The van der Waals surface area contributed by atoms with Crippen LogP contribution in [-0.4, -0.2) is 41.1 Å². The normalized spacial score (nSPS) is 11.8. The monoisotopic (exact) mass is 372 g/mol. The number of carboxylic acids is 1. The maximum atomic E-state index is 13.5. The van der Waals surface area contributed by atoms with Crippen LogP contribution in [0, 0.1) is 6.92 Å². The van der Waals surface area contributed by atoms with E-state index < -0.39 is 30.0 Å². The van der Waals surface area contributed by atoms with Crippen LogP contribution in [0.25, 0.3) is 11.3 Å². The van der Waals surface area contributed by atoms with Gasteiger partial charge in [0.15, 0.2) is 5.69 Å². The van der Waals surface area contributed by atoms with Crippen LogP contribution in [-0.2, 0) is 29.3 Å². The van der Waals surface area contributed by atoms with Crippen molar-refractivity contribution in [1.82, 2.24) is 14.8 Å². The van der Waals surface area contributed by atoms with Gasteiger partial charge in [0.2, 0.25) is 0 Å². The molecule has 0 saturated heterocycles. The van der Waals surface area contributed by atoms with Gasteiger partial charge in [0.1, 0.15) is 0 Å². The molecule has 2 aromatic rings. The fourth-order valence-corrected chi connectivity index (χ4v) is 2.42. The third-order valence-corrected chi connectivity index (χ3v) is 3.54. The average molecular weight is 372 g/mol. The number of pyridine rings is 1. The molecule has 26 heavy (non-hydrogen) atoms. The number of carbonyl (C=O) groups excluding carboxylic acids is 1. The molecule has 0 amide bonds. The molecule has 0 fully saturated rings. The first-order chi connectivity index (χ1) is 12.1. The molecular formula is C16H17F3N3O4-. The molecule has 0 aromatic carbocycles. The van der Waals surface area contributed by atoms with E-state index in [0.29, 0.717) is 5.69 Å². The number of rotatable bonds is 7. The molecule has 2 heterocycles. The van der Waals surface area contributed by atoms with Gasteiger partial charge < -0.3 is 19.4 Å². The largest absolute Gasteiger partial charge is 0.545 e. The number of aromatic nitrogens is 3. The van der Waals surface area contributed by atoms with Gasteiger partial charge in [0, 0.05) is 25.3 Å². The molecule has 0 atom stereocenters. The molecular weight excluding hydrogens is 355 g/mol. The molecule has 142 valence electrons. The van der Waals surface area contributed by atoms with Gasteiger partial charge in [-0.3, -0.25) is 4.68 Å². The molecule has 2 rings (SSSR count). The van der Waals surface area contributed by atoms with Crippen LogP contribution in [0.15, 0.2) is 12.1 Å². The topological polar surface area (TPSA) is 89.3 Å². The first-order valence-corrected chi connectivity index (χ1v) is 7.55. The summed E-state index contributed by atoms with van der Waals surface area (Å²) in [6.07, 6.45) is -4.79. The van der Waals surface area contributed by atoms with Crippen LogP contribution in [0.4, 0.5) is 13.2 Å². The van der Waals surface area contributed by atoms with E-state index in [4.69, 9.17) is 9.47 Å². The Morgan fingerprint density at radius 3 is 2.50 bits per heavy atom. The Hall–Kier alpha value is -2.46. The van der Waals surface area contributed by atoms with Crippen molar-refractivity contribution in [1.29, 1.82) is 0 Å². The van der Waals surface area contributed by atoms with E-state index in [9.17, 15) is 23.1 Å². The third kappa shape index (κ3) is 4.38.